The van der Waals surface area contributed by atoms with E-state index < -0.39 is 5.60 Å². The minimum atomic E-state index is -1.01. The van der Waals surface area contributed by atoms with E-state index in [1.54, 1.807) is 30.9 Å². The van der Waals surface area contributed by atoms with E-state index in [0.29, 0.717) is 5.69 Å². The van der Waals surface area contributed by atoms with Crippen molar-refractivity contribution in [2.45, 2.75) is 38.2 Å². The van der Waals surface area contributed by atoms with Gasteiger partial charge in [0, 0.05) is 48.5 Å². The third kappa shape index (κ3) is 4.34. The zero-order chi connectivity index (χ0) is 23.9. The first-order valence-corrected chi connectivity index (χ1v) is 11.3. The quantitative estimate of drug-likeness (QED) is 0.396. The summed E-state index contributed by atoms with van der Waals surface area (Å²) < 4.78 is 3.64. The van der Waals surface area contributed by atoms with Crippen LogP contribution in [0.3, 0.4) is 0 Å². The summed E-state index contributed by atoms with van der Waals surface area (Å²) in [6, 6.07) is 17.6. The number of benzene rings is 2. The normalized spacial score (nSPS) is 12.9. The molecule has 34 heavy (non-hydrogen) atoms. The highest BCUT2D eigenvalue weighted by atomic mass is 16.3. The van der Waals surface area contributed by atoms with Crippen molar-refractivity contribution in [1.29, 1.82) is 0 Å². The Morgan fingerprint density at radius 1 is 1.06 bits per heavy atom. The molecule has 5 aromatic rings. The number of aromatic nitrogens is 5. The lowest BCUT2D eigenvalue weighted by atomic mass is 9.80. The Labute approximate surface area is 197 Å². The number of carbonyl (C=O) groups excluding carboxylic acids is 1. The second-order valence-corrected chi connectivity index (χ2v) is 9.37. The Kier molecular flexibility index (Phi) is 5.49. The number of rotatable bonds is 7. The first-order chi connectivity index (χ1) is 16.3. The Morgan fingerprint density at radius 3 is 2.62 bits per heavy atom. The number of nitrogens with zero attached hydrogens (tertiary/aromatic N) is 5. The number of fused-ring (bicyclic) bond motifs is 2. The van der Waals surface area contributed by atoms with Gasteiger partial charge >= 0.3 is 0 Å². The molecule has 0 aliphatic rings. The molecule has 1 N–H and O–H groups in total. The van der Waals surface area contributed by atoms with Crippen molar-refractivity contribution >= 4 is 27.6 Å². The predicted octanol–water partition coefficient (Wildman–Crippen LogP) is 4.36. The van der Waals surface area contributed by atoms with Crippen molar-refractivity contribution in [2.24, 2.45) is 7.05 Å². The molecule has 5 rings (SSSR count). The highest BCUT2D eigenvalue weighted by molar-refractivity contribution is 5.85. The summed E-state index contributed by atoms with van der Waals surface area (Å²) in [7, 11) is 1.90. The number of Topliss-reactive ketones (excluding diaryl/α,β-unsaturated/α-hetero) is 1. The summed E-state index contributed by atoms with van der Waals surface area (Å²) in [5.41, 5.74) is 3.38. The van der Waals surface area contributed by atoms with E-state index in [1.165, 1.54) is 0 Å². The second kappa shape index (κ2) is 8.50. The number of carbonyl (C=O) groups is 1. The summed E-state index contributed by atoms with van der Waals surface area (Å²) in [4.78, 5) is 17.5. The van der Waals surface area contributed by atoms with Crippen LogP contribution in [0.25, 0.3) is 27.5 Å². The Hall–Kier alpha value is -3.84. The van der Waals surface area contributed by atoms with Gasteiger partial charge in [-0.2, -0.15) is 10.2 Å². The molecule has 3 heterocycles. The Morgan fingerprint density at radius 2 is 1.85 bits per heavy atom. The lowest BCUT2D eigenvalue weighted by Crippen LogP contribution is -2.31. The third-order valence-electron chi connectivity index (χ3n) is 6.22. The number of aryl methyl sites for hydroxylation is 1. The summed E-state index contributed by atoms with van der Waals surface area (Å²) in [6.07, 6.45) is 5.99. The molecule has 0 saturated carbocycles. The average Bonchev–Trinajstić information content (AvgIpc) is 3.38. The van der Waals surface area contributed by atoms with Crippen LogP contribution >= 0.6 is 0 Å². The van der Waals surface area contributed by atoms with Gasteiger partial charge in [-0.1, -0.05) is 30.3 Å². The SMILES string of the molecule is Cn1cc2cc(-n3ncc4cc(CC(=O)C[C@@H](c5ccccc5)C(C)(C)O)ncc43)ccc2n1. The molecule has 3 aromatic heterocycles. The molecule has 7 nitrogen and oxygen atoms in total. The maximum Gasteiger partial charge on any atom is 0.139 e. The Bertz CT molecular complexity index is 1480. The number of ketones is 1. The standard InChI is InChI=1S/C27H27N5O2/c1-27(2,34)24(18-7-5-4-6-8-18)14-23(33)13-21-11-19-15-29-32(26(19)16-28-21)22-9-10-25-20(12-22)17-31(3)30-25/h4-12,15-17,24,34H,13-14H2,1-3H3/t24-/m0/s1. The third-order valence-corrected chi connectivity index (χ3v) is 6.22. The van der Waals surface area contributed by atoms with Gasteiger partial charge in [-0.05, 0) is 43.7 Å². The molecular formula is C27H27N5O2. The van der Waals surface area contributed by atoms with Gasteiger partial charge in [0.05, 0.1) is 34.7 Å². The maximum atomic E-state index is 13.0. The van der Waals surface area contributed by atoms with Gasteiger partial charge < -0.3 is 5.11 Å². The fourth-order valence-corrected chi connectivity index (χ4v) is 4.51. The molecule has 0 saturated heterocycles. The summed E-state index contributed by atoms with van der Waals surface area (Å²) in [6.45, 7) is 3.50. The van der Waals surface area contributed by atoms with E-state index in [0.717, 1.165) is 33.1 Å². The smallest absolute Gasteiger partial charge is 0.139 e. The molecule has 0 amide bonds. The van der Waals surface area contributed by atoms with Gasteiger partial charge in [-0.15, -0.1) is 0 Å². The van der Waals surface area contributed by atoms with Crippen LogP contribution in [-0.2, 0) is 18.3 Å². The minimum absolute atomic E-state index is 0.0391. The largest absolute Gasteiger partial charge is 0.390 e. The zero-order valence-electron chi connectivity index (χ0n) is 19.5. The monoisotopic (exact) mass is 453 g/mol. The first-order valence-electron chi connectivity index (χ1n) is 11.3. The van der Waals surface area contributed by atoms with E-state index in [1.807, 2.05) is 72.5 Å². The Balaban J connectivity index is 1.37. The van der Waals surface area contributed by atoms with Gasteiger partial charge in [0.25, 0.3) is 0 Å². The highest BCUT2D eigenvalue weighted by Gasteiger charge is 2.30. The summed E-state index contributed by atoms with van der Waals surface area (Å²) in [5, 5.41) is 21.6. The zero-order valence-corrected chi connectivity index (χ0v) is 19.5. The second-order valence-electron chi connectivity index (χ2n) is 9.37. The number of aliphatic hydroxyl groups is 1. The van der Waals surface area contributed by atoms with Crippen LogP contribution in [0.2, 0.25) is 0 Å². The molecular weight excluding hydrogens is 426 g/mol. The average molecular weight is 454 g/mol. The van der Waals surface area contributed by atoms with E-state index in [2.05, 4.69) is 15.2 Å². The lowest BCUT2D eigenvalue weighted by Gasteiger charge is -2.29. The van der Waals surface area contributed by atoms with Crippen molar-refractivity contribution in [3.8, 4) is 5.69 Å². The van der Waals surface area contributed by atoms with Gasteiger partial charge in [0.1, 0.15) is 5.78 Å². The molecule has 0 aliphatic heterocycles. The highest BCUT2D eigenvalue weighted by Crippen LogP contribution is 2.32. The van der Waals surface area contributed by atoms with E-state index in [4.69, 9.17) is 0 Å². The van der Waals surface area contributed by atoms with Gasteiger partial charge in [0.2, 0.25) is 0 Å². The van der Waals surface area contributed by atoms with Crippen molar-refractivity contribution in [1.82, 2.24) is 24.5 Å². The molecule has 7 heteroatoms. The summed E-state index contributed by atoms with van der Waals surface area (Å²) >= 11 is 0. The fourth-order valence-electron chi connectivity index (χ4n) is 4.51. The molecule has 0 fully saturated rings. The molecule has 0 bridgehead atoms. The van der Waals surface area contributed by atoms with Crippen LogP contribution in [0.1, 0.15) is 37.4 Å². The molecule has 0 radical (unpaired) electrons. The van der Waals surface area contributed by atoms with Crippen LogP contribution in [0.15, 0.2) is 73.2 Å². The van der Waals surface area contributed by atoms with Crippen molar-refractivity contribution < 1.29 is 9.90 Å². The minimum Gasteiger partial charge on any atom is -0.390 e. The molecule has 0 spiro atoms. The molecule has 1 atom stereocenters. The van der Waals surface area contributed by atoms with Crippen LogP contribution in [0.5, 0.6) is 0 Å². The fraction of sp³-hybridized carbons (Fsp3) is 0.259. The van der Waals surface area contributed by atoms with Crippen molar-refractivity contribution in [3.05, 3.63) is 84.4 Å². The maximum absolute atomic E-state index is 13.0. The van der Waals surface area contributed by atoms with Crippen molar-refractivity contribution in [2.75, 3.05) is 0 Å². The number of hydrogen-bond donors (Lipinski definition) is 1. The number of hydrogen-bond acceptors (Lipinski definition) is 5. The number of pyridine rings is 1. The molecule has 0 aliphatic carbocycles. The van der Waals surface area contributed by atoms with E-state index in [9.17, 15) is 9.90 Å². The first kappa shape index (κ1) is 22.0. The molecule has 2 aromatic carbocycles. The van der Waals surface area contributed by atoms with Gasteiger partial charge in [-0.25, -0.2) is 4.68 Å². The summed E-state index contributed by atoms with van der Waals surface area (Å²) in [5.74, 6) is -0.243. The molecule has 0 unspecified atom stereocenters. The lowest BCUT2D eigenvalue weighted by molar-refractivity contribution is -0.120. The van der Waals surface area contributed by atoms with Gasteiger partial charge in [0.15, 0.2) is 0 Å². The predicted molar refractivity (Wildman–Crippen MR) is 132 cm³/mol. The van der Waals surface area contributed by atoms with E-state index in [-0.39, 0.29) is 24.5 Å². The van der Waals surface area contributed by atoms with Crippen LogP contribution < -0.4 is 0 Å². The van der Waals surface area contributed by atoms with Crippen LogP contribution in [-0.4, -0.2) is 41.0 Å². The topological polar surface area (TPSA) is 85.8 Å². The van der Waals surface area contributed by atoms with Crippen molar-refractivity contribution in [3.63, 3.8) is 0 Å². The van der Waals surface area contributed by atoms with Gasteiger partial charge in [-0.3, -0.25) is 14.5 Å². The van der Waals surface area contributed by atoms with Crippen LogP contribution in [0.4, 0.5) is 0 Å². The molecule has 172 valence electrons. The van der Waals surface area contributed by atoms with Crippen LogP contribution in [0, 0.1) is 0 Å². The van der Waals surface area contributed by atoms with E-state index >= 15 is 0 Å².